The van der Waals surface area contributed by atoms with Crippen LogP contribution in [0.2, 0.25) is 5.02 Å². The molecule has 1 fully saturated rings. The van der Waals surface area contributed by atoms with Gasteiger partial charge in [-0.3, -0.25) is 9.78 Å². The highest BCUT2D eigenvalue weighted by Gasteiger charge is 2.42. The van der Waals surface area contributed by atoms with Crippen molar-refractivity contribution in [3.05, 3.63) is 106 Å². The topological polar surface area (TPSA) is 71.4 Å². The first-order valence-electron chi connectivity index (χ1n) is 12.6. The standard InChI is InChI=1S/C30H30ClN5O2S/c1-18-8-9-21(31)16-26(18)35-19(2)15-24(20(35)3)29-28(25-7-5-6-14-32-25)34-30(39)36(29)23-12-10-22(11-13-23)33-27(37)17-38-4/h5-16,28-29H,17H2,1-4H3,(H,33,37)(H,34,39)/t28-,29-/m0/s1. The third kappa shape index (κ3) is 5.28. The average Bonchev–Trinajstić information content (AvgIpc) is 3.41. The van der Waals surface area contributed by atoms with Gasteiger partial charge >= 0.3 is 0 Å². The molecule has 0 radical (unpaired) electrons. The molecule has 39 heavy (non-hydrogen) atoms. The smallest absolute Gasteiger partial charge is 0.250 e. The number of thiocarbonyl (C=S) groups is 1. The van der Waals surface area contributed by atoms with Crippen LogP contribution in [0, 0.1) is 20.8 Å². The number of aromatic nitrogens is 2. The molecule has 200 valence electrons. The molecule has 5 rings (SSSR count). The van der Waals surface area contributed by atoms with Gasteiger partial charge in [-0.1, -0.05) is 23.7 Å². The van der Waals surface area contributed by atoms with Crippen molar-refractivity contribution in [2.45, 2.75) is 32.9 Å². The highest BCUT2D eigenvalue weighted by atomic mass is 35.5. The number of amides is 1. The normalized spacial score (nSPS) is 16.8. The molecule has 9 heteroatoms. The van der Waals surface area contributed by atoms with Crippen LogP contribution in [0.15, 0.2) is 72.9 Å². The van der Waals surface area contributed by atoms with Crippen molar-refractivity contribution < 1.29 is 9.53 Å². The highest BCUT2D eigenvalue weighted by Crippen LogP contribution is 2.44. The summed E-state index contributed by atoms with van der Waals surface area (Å²) < 4.78 is 7.17. The second kappa shape index (κ2) is 11.2. The first-order chi connectivity index (χ1) is 18.8. The Hall–Kier alpha value is -3.72. The zero-order valence-electron chi connectivity index (χ0n) is 22.2. The maximum absolute atomic E-state index is 12.0. The van der Waals surface area contributed by atoms with E-state index in [-0.39, 0.29) is 24.6 Å². The molecule has 2 aromatic heterocycles. The molecule has 1 amide bonds. The molecule has 2 atom stereocenters. The van der Waals surface area contributed by atoms with E-state index in [0.29, 0.717) is 15.8 Å². The molecule has 4 aromatic rings. The molecule has 0 spiro atoms. The van der Waals surface area contributed by atoms with Gasteiger partial charge in [0.05, 0.1) is 17.8 Å². The molecule has 1 saturated heterocycles. The van der Waals surface area contributed by atoms with Crippen molar-refractivity contribution in [2.24, 2.45) is 0 Å². The molecule has 7 nitrogen and oxygen atoms in total. The summed E-state index contributed by atoms with van der Waals surface area (Å²) in [4.78, 5) is 18.8. The number of aryl methyl sites for hydroxylation is 2. The second-order valence-electron chi connectivity index (χ2n) is 9.62. The van der Waals surface area contributed by atoms with Gasteiger partial charge in [0.2, 0.25) is 5.91 Å². The molecule has 2 aromatic carbocycles. The van der Waals surface area contributed by atoms with Gasteiger partial charge in [0.25, 0.3) is 0 Å². The van der Waals surface area contributed by atoms with Crippen LogP contribution in [0.4, 0.5) is 11.4 Å². The second-order valence-corrected chi connectivity index (χ2v) is 10.4. The fourth-order valence-electron chi connectivity index (χ4n) is 5.26. The van der Waals surface area contributed by atoms with E-state index in [1.54, 1.807) is 6.20 Å². The SMILES string of the molecule is COCC(=O)Nc1ccc(N2C(=S)N[C@@H](c3ccccn3)[C@@H]2c2cc(C)n(-c3cc(Cl)ccc3C)c2C)cc1. The number of anilines is 2. The monoisotopic (exact) mass is 559 g/mol. The maximum atomic E-state index is 12.0. The first kappa shape index (κ1) is 26.9. The van der Waals surface area contributed by atoms with Crippen molar-refractivity contribution in [3.63, 3.8) is 0 Å². The summed E-state index contributed by atoms with van der Waals surface area (Å²) in [6.45, 7) is 6.32. The van der Waals surface area contributed by atoms with Gasteiger partial charge in [-0.05, 0) is 98.7 Å². The van der Waals surface area contributed by atoms with Crippen LogP contribution in [-0.4, -0.2) is 34.3 Å². The van der Waals surface area contributed by atoms with E-state index in [1.165, 1.54) is 7.11 Å². The molecule has 0 saturated carbocycles. The number of benzene rings is 2. The molecule has 1 aliphatic rings. The van der Waals surface area contributed by atoms with Crippen LogP contribution in [0.5, 0.6) is 0 Å². The Labute approximate surface area is 238 Å². The number of carbonyl (C=O) groups excluding carboxylic acids is 1. The Balaban J connectivity index is 1.60. The molecular formula is C30H30ClN5O2S. The minimum atomic E-state index is -0.208. The summed E-state index contributed by atoms with van der Waals surface area (Å²) in [5.74, 6) is -0.208. The number of hydrogen-bond donors (Lipinski definition) is 2. The maximum Gasteiger partial charge on any atom is 0.250 e. The molecule has 0 aliphatic carbocycles. The van der Waals surface area contributed by atoms with Crippen LogP contribution in [0.25, 0.3) is 5.69 Å². The third-order valence-electron chi connectivity index (χ3n) is 7.00. The lowest BCUT2D eigenvalue weighted by molar-refractivity contribution is -0.119. The summed E-state index contributed by atoms with van der Waals surface area (Å²) in [5.41, 5.74) is 8.01. The van der Waals surface area contributed by atoms with E-state index >= 15 is 0 Å². The predicted molar refractivity (Wildman–Crippen MR) is 160 cm³/mol. The Morgan fingerprint density at radius 2 is 1.87 bits per heavy atom. The van der Waals surface area contributed by atoms with E-state index in [2.05, 4.69) is 51.9 Å². The van der Waals surface area contributed by atoms with Crippen LogP contribution in [0.1, 0.15) is 40.3 Å². The van der Waals surface area contributed by atoms with Crippen LogP contribution < -0.4 is 15.5 Å². The highest BCUT2D eigenvalue weighted by molar-refractivity contribution is 7.80. The Morgan fingerprint density at radius 3 is 2.56 bits per heavy atom. The number of nitrogens with zero attached hydrogens (tertiary/aromatic N) is 3. The van der Waals surface area contributed by atoms with E-state index in [4.69, 9.17) is 28.6 Å². The molecule has 0 unspecified atom stereocenters. The van der Waals surface area contributed by atoms with E-state index < -0.39 is 0 Å². The van der Waals surface area contributed by atoms with Gasteiger partial charge in [-0.25, -0.2) is 0 Å². The third-order valence-corrected chi connectivity index (χ3v) is 7.55. The largest absolute Gasteiger partial charge is 0.375 e. The molecular weight excluding hydrogens is 530 g/mol. The van der Waals surface area contributed by atoms with E-state index in [0.717, 1.165) is 39.6 Å². The number of pyridine rings is 1. The molecule has 3 heterocycles. The number of rotatable bonds is 7. The fourth-order valence-corrected chi connectivity index (χ4v) is 5.78. The first-order valence-corrected chi connectivity index (χ1v) is 13.4. The minimum absolute atomic E-state index is 0.00255. The zero-order valence-corrected chi connectivity index (χ0v) is 23.8. The lowest BCUT2D eigenvalue weighted by Crippen LogP contribution is -2.29. The molecule has 0 bridgehead atoms. The van der Waals surface area contributed by atoms with Crippen LogP contribution in [0.3, 0.4) is 0 Å². The molecule has 2 N–H and O–H groups in total. The van der Waals surface area contributed by atoms with Gasteiger partial charge in [0.1, 0.15) is 6.61 Å². The van der Waals surface area contributed by atoms with Crippen molar-refractivity contribution >= 4 is 46.2 Å². The average molecular weight is 560 g/mol. The summed E-state index contributed by atoms with van der Waals surface area (Å²) in [6.07, 6.45) is 1.80. The minimum Gasteiger partial charge on any atom is -0.375 e. The quantitative estimate of drug-likeness (QED) is 0.262. The summed E-state index contributed by atoms with van der Waals surface area (Å²) in [6, 6.07) is 21.4. The summed E-state index contributed by atoms with van der Waals surface area (Å²) in [5, 5.41) is 7.67. The number of methoxy groups -OCH3 is 1. The Kier molecular flexibility index (Phi) is 7.70. The van der Waals surface area contributed by atoms with Gasteiger partial charge < -0.3 is 24.8 Å². The summed E-state index contributed by atoms with van der Waals surface area (Å²) in [7, 11) is 1.49. The number of ether oxygens (including phenoxy) is 1. The van der Waals surface area contributed by atoms with Crippen molar-refractivity contribution in [3.8, 4) is 5.69 Å². The number of carbonyl (C=O) groups is 1. The predicted octanol–water partition coefficient (Wildman–Crippen LogP) is 6.21. The lowest BCUT2D eigenvalue weighted by Gasteiger charge is -2.28. The van der Waals surface area contributed by atoms with Gasteiger partial charge in [0.15, 0.2) is 5.11 Å². The number of halogens is 1. The van der Waals surface area contributed by atoms with Crippen molar-refractivity contribution in [1.29, 1.82) is 0 Å². The fraction of sp³-hybridized carbons (Fsp3) is 0.233. The van der Waals surface area contributed by atoms with Crippen LogP contribution in [-0.2, 0) is 9.53 Å². The number of nitrogens with one attached hydrogen (secondary N) is 2. The van der Waals surface area contributed by atoms with E-state index in [1.807, 2.05) is 60.7 Å². The van der Waals surface area contributed by atoms with Gasteiger partial charge in [-0.15, -0.1) is 0 Å². The Morgan fingerprint density at radius 1 is 1.10 bits per heavy atom. The van der Waals surface area contributed by atoms with E-state index in [9.17, 15) is 4.79 Å². The number of hydrogen-bond acceptors (Lipinski definition) is 4. The summed E-state index contributed by atoms with van der Waals surface area (Å²) >= 11 is 12.3. The van der Waals surface area contributed by atoms with Gasteiger partial charge in [-0.2, -0.15) is 0 Å². The lowest BCUT2D eigenvalue weighted by atomic mass is 9.96. The van der Waals surface area contributed by atoms with Gasteiger partial charge in [0, 0.05) is 46.8 Å². The van der Waals surface area contributed by atoms with Crippen molar-refractivity contribution in [1.82, 2.24) is 14.9 Å². The zero-order chi connectivity index (χ0) is 27.7. The Bertz CT molecular complexity index is 1520. The van der Waals surface area contributed by atoms with Crippen LogP contribution >= 0.6 is 23.8 Å². The molecule has 1 aliphatic heterocycles. The van der Waals surface area contributed by atoms with Crippen molar-refractivity contribution in [2.75, 3.05) is 23.9 Å².